The van der Waals surface area contributed by atoms with Crippen molar-refractivity contribution < 1.29 is 0 Å². The van der Waals surface area contributed by atoms with E-state index in [1.165, 1.54) is 94.8 Å². The van der Waals surface area contributed by atoms with Crippen LogP contribution in [0.5, 0.6) is 0 Å². The molecule has 2 nitrogen and oxygen atoms in total. The zero-order valence-corrected chi connectivity index (χ0v) is 38.0. The first-order valence-electron chi connectivity index (χ1n) is 24.2. The minimum Gasteiger partial charge on any atom is -0.382 e. The Balaban J connectivity index is 0.865. The first-order valence-corrected chi connectivity index (χ1v) is 24.2. The molecule has 4 aliphatic carbocycles. The Hall–Kier alpha value is -6.64. The van der Waals surface area contributed by atoms with Crippen molar-refractivity contribution in [2.75, 3.05) is 16.8 Å². The van der Waals surface area contributed by atoms with Crippen LogP contribution in [-0.4, -0.2) is 12.6 Å². The smallest absolute Gasteiger partial charge is 0.0554 e. The molecule has 0 amide bonds. The molecule has 4 atom stereocenters. The van der Waals surface area contributed by atoms with Gasteiger partial charge in [0.15, 0.2) is 0 Å². The van der Waals surface area contributed by atoms with Crippen molar-refractivity contribution in [3.05, 3.63) is 241 Å². The van der Waals surface area contributed by atoms with Gasteiger partial charge < -0.3 is 10.2 Å². The summed E-state index contributed by atoms with van der Waals surface area (Å²) in [5, 5.41) is 6.21. The Labute approximate surface area is 388 Å². The molecule has 9 rings (SSSR count). The maximum Gasteiger partial charge on any atom is 0.0554 e. The van der Waals surface area contributed by atoms with Gasteiger partial charge in [-0.1, -0.05) is 170 Å². The van der Waals surface area contributed by atoms with Crippen LogP contribution >= 0.6 is 0 Å². The molecule has 0 saturated carbocycles. The maximum atomic E-state index is 4.38. The molecule has 0 heterocycles. The highest BCUT2D eigenvalue weighted by atomic mass is 15.2. The Morgan fingerprint density at radius 2 is 1.55 bits per heavy atom. The van der Waals surface area contributed by atoms with E-state index in [-0.39, 0.29) is 6.04 Å². The van der Waals surface area contributed by atoms with Gasteiger partial charge in [-0.05, 0) is 156 Å². The molecule has 2 heteroatoms. The summed E-state index contributed by atoms with van der Waals surface area (Å²) < 4.78 is 0. The molecule has 0 aromatic heterocycles. The molecule has 0 bridgehead atoms. The van der Waals surface area contributed by atoms with E-state index in [1.807, 2.05) is 0 Å². The summed E-state index contributed by atoms with van der Waals surface area (Å²) in [5.41, 5.74) is 14.7. The van der Waals surface area contributed by atoms with E-state index in [4.69, 9.17) is 0 Å². The van der Waals surface area contributed by atoms with E-state index >= 15 is 0 Å². The van der Waals surface area contributed by atoms with E-state index in [0.29, 0.717) is 17.8 Å². The average Bonchev–Trinajstić information content (AvgIpc) is 3.37. The number of nitrogens with one attached hydrogen (secondary N) is 1. The van der Waals surface area contributed by atoms with Crippen LogP contribution in [0.15, 0.2) is 236 Å². The van der Waals surface area contributed by atoms with Crippen LogP contribution < -0.4 is 10.2 Å². The van der Waals surface area contributed by atoms with Gasteiger partial charge in [-0.3, -0.25) is 0 Å². The standard InChI is InChI=1S/C63H64N2/c1-3-18-52-26-16-33-60(56-30-15-29-55(46-56)49-23-9-6-10-24-49)61(52)43-44-64-57-39-35-51(36-40-57)54-28-13-19-47(45-54)20-14-31-58(4-2)65(63-34-17-27-53-25-11-12-32-62(53)63)59-41-37-50(38-42-59)48-21-7-5-8-22-48/h3-5,7-8,11-14,16-17,20-23,25-29,32-43,45,47,52,56,58,64H,1-2,6,9-10,15,18-19,24,30-31,44,46H2/b20-14+,61-43-. The fraction of sp³-hybridized carbons (Fsp3) is 0.238. The third kappa shape index (κ3) is 10.5. The highest BCUT2D eigenvalue weighted by Gasteiger charge is 2.27. The molecule has 0 aliphatic heterocycles. The molecule has 0 fully saturated rings. The van der Waals surface area contributed by atoms with Crippen molar-refractivity contribution in [2.45, 2.75) is 70.3 Å². The topological polar surface area (TPSA) is 15.3 Å². The Morgan fingerprint density at radius 1 is 0.769 bits per heavy atom. The number of benzene rings is 5. The number of nitrogens with zero attached hydrogens (tertiary/aromatic N) is 1. The largest absolute Gasteiger partial charge is 0.382 e. The SMILES string of the molecule is C=CCC1C=CC=C(C2CCC=C(C3=CCCCC3)C2)/C1=C\CNc1ccc(C2=CC(/C=C/CC(C=C)N(c3ccc(-c4ccccc4)cc3)c3cccc4ccccc34)CC=C2)cc1. The molecule has 0 radical (unpaired) electrons. The zero-order chi connectivity index (χ0) is 44.2. The van der Waals surface area contributed by atoms with E-state index in [9.17, 15) is 0 Å². The average molecular weight is 849 g/mol. The second-order valence-electron chi connectivity index (χ2n) is 18.1. The molecule has 1 N–H and O–H groups in total. The highest BCUT2D eigenvalue weighted by molar-refractivity contribution is 5.96. The second kappa shape index (κ2) is 21.4. The first kappa shape index (κ1) is 43.6. The van der Waals surface area contributed by atoms with Crippen molar-refractivity contribution >= 4 is 33.4 Å². The van der Waals surface area contributed by atoms with Gasteiger partial charge >= 0.3 is 0 Å². The quantitative estimate of drug-likeness (QED) is 0.0995. The molecule has 4 aliphatic rings. The zero-order valence-electron chi connectivity index (χ0n) is 38.0. The van der Waals surface area contributed by atoms with E-state index < -0.39 is 0 Å². The van der Waals surface area contributed by atoms with Crippen LogP contribution in [0.4, 0.5) is 17.1 Å². The summed E-state index contributed by atoms with van der Waals surface area (Å²) in [6.07, 6.45) is 42.1. The third-order valence-corrected chi connectivity index (χ3v) is 13.9. The molecule has 326 valence electrons. The van der Waals surface area contributed by atoms with Gasteiger partial charge in [-0.25, -0.2) is 0 Å². The molecular weight excluding hydrogens is 785 g/mol. The fourth-order valence-corrected chi connectivity index (χ4v) is 10.5. The van der Waals surface area contributed by atoms with Crippen LogP contribution in [0.1, 0.15) is 69.8 Å². The van der Waals surface area contributed by atoms with Crippen LogP contribution in [0.3, 0.4) is 0 Å². The number of hydrogen-bond acceptors (Lipinski definition) is 2. The minimum atomic E-state index is 0.0596. The molecule has 5 aromatic carbocycles. The summed E-state index contributed by atoms with van der Waals surface area (Å²) >= 11 is 0. The van der Waals surface area contributed by atoms with Crippen LogP contribution in [-0.2, 0) is 0 Å². The summed E-state index contributed by atoms with van der Waals surface area (Å²) in [6, 6.07) is 43.9. The highest BCUT2D eigenvalue weighted by Crippen LogP contribution is 2.42. The van der Waals surface area contributed by atoms with Crippen LogP contribution in [0.25, 0.3) is 27.5 Å². The number of fused-ring (bicyclic) bond motifs is 1. The van der Waals surface area contributed by atoms with Crippen LogP contribution in [0.2, 0.25) is 0 Å². The number of anilines is 3. The predicted octanol–water partition coefficient (Wildman–Crippen LogP) is 17.1. The monoisotopic (exact) mass is 849 g/mol. The summed E-state index contributed by atoms with van der Waals surface area (Å²) in [6.45, 7) is 9.29. The predicted molar refractivity (Wildman–Crippen MR) is 281 cm³/mol. The van der Waals surface area contributed by atoms with Crippen molar-refractivity contribution in [1.29, 1.82) is 0 Å². The lowest BCUT2D eigenvalue weighted by Crippen LogP contribution is -2.29. The molecular formula is C63H64N2. The number of hydrogen-bond donors (Lipinski definition) is 1. The summed E-state index contributed by atoms with van der Waals surface area (Å²) in [4.78, 5) is 2.46. The Morgan fingerprint density at radius 3 is 2.37 bits per heavy atom. The minimum absolute atomic E-state index is 0.0596. The van der Waals surface area contributed by atoms with Gasteiger partial charge in [0.25, 0.3) is 0 Å². The lowest BCUT2D eigenvalue weighted by Gasteiger charge is -2.33. The van der Waals surface area contributed by atoms with Crippen molar-refractivity contribution in [2.24, 2.45) is 17.8 Å². The molecule has 4 unspecified atom stereocenters. The lowest BCUT2D eigenvalue weighted by atomic mass is 9.73. The van der Waals surface area contributed by atoms with Gasteiger partial charge in [0, 0.05) is 34.9 Å². The lowest BCUT2D eigenvalue weighted by molar-refractivity contribution is 0.525. The van der Waals surface area contributed by atoms with Crippen molar-refractivity contribution in [1.82, 2.24) is 0 Å². The fourth-order valence-electron chi connectivity index (χ4n) is 10.5. The van der Waals surface area contributed by atoms with Gasteiger partial charge in [0.1, 0.15) is 0 Å². The Bertz CT molecular complexity index is 2690. The van der Waals surface area contributed by atoms with E-state index in [2.05, 4.69) is 224 Å². The molecule has 65 heavy (non-hydrogen) atoms. The summed E-state index contributed by atoms with van der Waals surface area (Å²) in [7, 11) is 0. The van der Waals surface area contributed by atoms with Gasteiger partial charge in [0.05, 0.1) is 6.04 Å². The summed E-state index contributed by atoms with van der Waals surface area (Å²) in [5.74, 6) is 1.29. The molecule has 5 aromatic rings. The normalized spacial score (nSPS) is 20.7. The maximum absolute atomic E-state index is 4.38. The molecule has 0 spiro atoms. The second-order valence-corrected chi connectivity index (χ2v) is 18.1. The third-order valence-electron chi connectivity index (χ3n) is 13.9. The number of rotatable bonds is 16. The van der Waals surface area contributed by atoms with E-state index in [0.717, 1.165) is 37.2 Å². The Kier molecular flexibility index (Phi) is 14.3. The van der Waals surface area contributed by atoms with Crippen LogP contribution in [0, 0.1) is 17.8 Å². The van der Waals surface area contributed by atoms with Crippen molar-refractivity contribution in [3.8, 4) is 11.1 Å². The number of allylic oxidation sites excluding steroid dienone is 15. The van der Waals surface area contributed by atoms with Crippen molar-refractivity contribution in [3.63, 3.8) is 0 Å². The van der Waals surface area contributed by atoms with Gasteiger partial charge in [0.2, 0.25) is 0 Å². The van der Waals surface area contributed by atoms with Gasteiger partial charge in [-0.15, -0.1) is 13.2 Å². The van der Waals surface area contributed by atoms with Gasteiger partial charge in [-0.2, -0.15) is 0 Å². The molecule has 0 saturated heterocycles. The van der Waals surface area contributed by atoms with E-state index in [1.54, 1.807) is 11.1 Å². The first-order chi connectivity index (χ1) is 32.1.